The van der Waals surface area contributed by atoms with Gasteiger partial charge in [0.25, 0.3) is 0 Å². The van der Waals surface area contributed by atoms with E-state index in [9.17, 15) is 9.59 Å². The minimum absolute atomic E-state index is 0.00331. The van der Waals surface area contributed by atoms with Crippen LogP contribution in [-0.2, 0) is 16.1 Å². The SMILES string of the molecule is CCCC(=O)N(Cc1cccc(Br)c1)[C@H](C)C(=O)NC. The Balaban J connectivity index is 2.92. The highest BCUT2D eigenvalue weighted by Crippen LogP contribution is 2.16. The number of nitrogens with zero attached hydrogens (tertiary/aromatic N) is 1. The lowest BCUT2D eigenvalue weighted by molar-refractivity contribution is -0.140. The summed E-state index contributed by atoms with van der Waals surface area (Å²) in [6.07, 6.45) is 1.23. The van der Waals surface area contributed by atoms with E-state index >= 15 is 0 Å². The van der Waals surface area contributed by atoms with Crippen molar-refractivity contribution in [2.45, 2.75) is 39.3 Å². The van der Waals surface area contributed by atoms with Gasteiger partial charge in [0.1, 0.15) is 6.04 Å². The third-order valence-corrected chi connectivity index (χ3v) is 3.61. The van der Waals surface area contributed by atoms with Crippen LogP contribution in [-0.4, -0.2) is 29.8 Å². The molecule has 0 aliphatic heterocycles. The fourth-order valence-corrected chi connectivity index (χ4v) is 2.43. The lowest BCUT2D eigenvalue weighted by Gasteiger charge is -2.28. The molecular weight excluding hydrogens is 320 g/mol. The summed E-state index contributed by atoms with van der Waals surface area (Å²) < 4.78 is 0.963. The maximum atomic E-state index is 12.2. The summed E-state index contributed by atoms with van der Waals surface area (Å²) in [6, 6.07) is 7.30. The van der Waals surface area contributed by atoms with Gasteiger partial charge in [0, 0.05) is 24.5 Å². The van der Waals surface area contributed by atoms with Crippen molar-refractivity contribution in [2.24, 2.45) is 0 Å². The third-order valence-electron chi connectivity index (χ3n) is 3.12. The van der Waals surface area contributed by atoms with Crippen molar-refractivity contribution in [3.05, 3.63) is 34.3 Å². The Kier molecular flexibility index (Phi) is 6.71. The normalized spacial score (nSPS) is 11.8. The Morgan fingerprint density at radius 2 is 2.10 bits per heavy atom. The Bertz CT molecular complexity index is 477. The highest BCUT2D eigenvalue weighted by atomic mass is 79.9. The van der Waals surface area contributed by atoms with Crippen LogP contribution in [0.3, 0.4) is 0 Å². The van der Waals surface area contributed by atoms with Crippen LogP contribution in [0.15, 0.2) is 28.7 Å². The van der Waals surface area contributed by atoms with Crippen molar-refractivity contribution in [1.29, 1.82) is 0 Å². The Hall–Kier alpha value is -1.36. The molecule has 0 aromatic heterocycles. The van der Waals surface area contributed by atoms with Crippen LogP contribution < -0.4 is 5.32 Å². The molecule has 0 aliphatic rings. The first-order valence-corrected chi connectivity index (χ1v) is 7.54. The summed E-state index contributed by atoms with van der Waals surface area (Å²) >= 11 is 3.42. The standard InChI is InChI=1S/C15H21BrN2O2/c1-4-6-14(19)18(11(2)15(20)17-3)10-12-7-5-8-13(16)9-12/h5,7-9,11H,4,6,10H2,1-3H3,(H,17,20)/t11-/m1/s1. The van der Waals surface area contributed by atoms with Crippen LogP contribution in [0.4, 0.5) is 0 Å². The van der Waals surface area contributed by atoms with Crippen LogP contribution in [0.5, 0.6) is 0 Å². The van der Waals surface area contributed by atoms with E-state index in [4.69, 9.17) is 0 Å². The second-order valence-electron chi connectivity index (χ2n) is 4.69. The third kappa shape index (κ3) is 4.63. The summed E-state index contributed by atoms with van der Waals surface area (Å²) in [5.41, 5.74) is 1.000. The first-order valence-electron chi connectivity index (χ1n) is 6.75. The molecule has 1 rings (SSSR count). The number of hydrogen-bond donors (Lipinski definition) is 1. The van der Waals surface area contributed by atoms with Crippen molar-refractivity contribution in [3.8, 4) is 0 Å². The van der Waals surface area contributed by atoms with E-state index in [1.165, 1.54) is 0 Å². The maximum absolute atomic E-state index is 12.2. The average Bonchev–Trinajstić information content (AvgIpc) is 2.43. The van der Waals surface area contributed by atoms with Gasteiger partial charge < -0.3 is 10.2 Å². The molecular formula is C15H21BrN2O2. The predicted octanol–water partition coefficient (Wildman–Crippen LogP) is 2.71. The number of benzene rings is 1. The molecule has 0 radical (unpaired) electrons. The van der Waals surface area contributed by atoms with E-state index in [-0.39, 0.29) is 11.8 Å². The molecule has 0 fully saturated rings. The lowest BCUT2D eigenvalue weighted by atomic mass is 10.1. The van der Waals surface area contributed by atoms with E-state index in [0.717, 1.165) is 16.5 Å². The van der Waals surface area contributed by atoms with Crippen molar-refractivity contribution < 1.29 is 9.59 Å². The number of halogens is 1. The van der Waals surface area contributed by atoms with Gasteiger partial charge in [-0.3, -0.25) is 9.59 Å². The minimum Gasteiger partial charge on any atom is -0.357 e. The van der Waals surface area contributed by atoms with Crippen molar-refractivity contribution in [3.63, 3.8) is 0 Å². The van der Waals surface area contributed by atoms with Gasteiger partial charge in [-0.1, -0.05) is 35.0 Å². The van der Waals surface area contributed by atoms with Crippen LogP contribution in [0.1, 0.15) is 32.3 Å². The zero-order valence-electron chi connectivity index (χ0n) is 12.1. The quantitative estimate of drug-likeness (QED) is 0.865. The number of hydrogen-bond acceptors (Lipinski definition) is 2. The first kappa shape index (κ1) is 16.7. The van der Waals surface area contributed by atoms with E-state index < -0.39 is 6.04 Å². The fraction of sp³-hybridized carbons (Fsp3) is 0.467. The topological polar surface area (TPSA) is 49.4 Å². The fourth-order valence-electron chi connectivity index (χ4n) is 1.98. The number of likely N-dealkylation sites (N-methyl/N-ethyl adjacent to an activating group) is 1. The Morgan fingerprint density at radius 3 is 2.65 bits per heavy atom. The molecule has 0 saturated carbocycles. The maximum Gasteiger partial charge on any atom is 0.242 e. The smallest absolute Gasteiger partial charge is 0.242 e. The first-order chi connectivity index (χ1) is 9.49. The monoisotopic (exact) mass is 340 g/mol. The summed E-state index contributed by atoms with van der Waals surface area (Å²) in [4.78, 5) is 25.7. The number of rotatable bonds is 6. The summed E-state index contributed by atoms with van der Waals surface area (Å²) in [6.45, 7) is 4.15. The number of nitrogens with one attached hydrogen (secondary N) is 1. The van der Waals surface area contributed by atoms with Gasteiger partial charge in [-0.2, -0.15) is 0 Å². The summed E-state index contributed by atoms with van der Waals surface area (Å²) in [7, 11) is 1.58. The van der Waals surface area contributed by atoms with Crippen LogP contribution >= 0.6 is 15.9 Å². The number of carbonyl (C=O) groups excluding carboxylic acids is 2. The molecule has 110 valence electrons. The molecule has 1 aromatic carbocycles. The average molecular weight is 341 g/mol. The molecule has 0 spiro atoms. The van der Waals surface area contributed by atoms with Gasteiger partial charge >= 0.3 is 0 Å². The van der Waals surface area contributed by atoms with Crippen molar-refractivity contribution in [2.75, 3.05) is 7.05 Å². The largest absolute Gasteiger partial charge is 0.357 e. The van der Waals surface area contributed by atoms with Crippen LogP contribution in [0.25, 0.3) is 0 Å². The second kappa shape index (κ2) is 8.04. The highest BCUT2D eigenvalue weighted by molar-refractivity contribution is 9.10. The molecule has 20 heavy (non-hydrogen) atoms. The minimum atomic E-state index is -0.474. The molecule has 4 nitrogen and oxygen atoms in total. The molecule has 1 aromatic rings. The van der Waals surface area contributed by atoms with Gasteiger partial charge in [0.2, 0.25) is 11.8 Å². The molecule has 1 atom stereocenters. The zero-order valence-corrected chi connectivity index (χ0v) is 13.7. The number of carbonyl (C=O) groups is 2. The second-order valence-corrected chi connectivity index (χ2v) is 5.61. The van der Waals surface area contributed by atoms with Crippen LogP contribution in [0, 0.1) is 0 Å². The van der Waals surface area contributed by atoms with E-state index in [2.05, 4.69) is 21.2 Å². The van der Waals surface area contributed by atoms with Gasteiger partial charge in [0.05, 0.1) is 0 Å². The molecule has 5 heteroatoms. The molecule has 0 unspecified atom stereocenters. The molecule has 0 bridgehead atoms. The Labute approximate surface area is 128 Å². The summed E-state index contributed by atoms with van der Waals surface area (Å²) in [5.74, 6) is -0.145. The molecule has 0 heterocycles. The number of amides is 2. The van der Waals surface area contributed by atoms with Crippen molar-refractivity contribution in [1.82, 2.24) is 10.2 Å². The Morgan fingerprint density at radius 1 is 1.40 bits per heavy atom. The van der Waals surface area contributed by atoms with E-state index in [1.807, 2.05) is 31.2 Å². The van der Waals surface area contributed by atoms with Gasteiger partial charge in [-0.15, -0.1) is 0 Å². The highest BCUT2D eigenvalue weighted by Gasteiger charge is 2.24. The predicted molar refractivity (Wildman–Crippen MR) is 83.1 cm³/mol. The van der Waals surface area contributed by atoms with Gasteiger partial charge in [-0.05, 0) is 31.0 Å². The zero-order chi connectivity index (χ0) is 15.1. The lowest BCUT2D eigenvalue weighted by Crippen LogP contribution is -2.46. The molecule has 0 saturated heterocycles. The van der Waals surface area contributed by atoms with Crippen molar-refractivity contribution >= 4 is 27.7 Å². The molecule has 2 amide bonds. The van der Waals surface area contributed by atoms with Gasteiger partial charge in [-0.25, -0.2) is 0 Å². The molecule has 1 N–H and O–H groups in total. The van der Waals surface area contributed by atoms with E-state index in [0.29, 0.717) is 13.0 Å². The summed E-state index contributed by atoms with van der Waals surface area (Å²) in [5, 5.41) is 2.60. The van der Waals surface area contributed by atoms with Gasteiger partial charge in [0.15, 0.2) is 0 Å². The van der Waals surface area contributed by atoms with Crippen LogP contribution in [0.2, 0.25) is 0 Å². The molecule has 0 aliphatic carbocycles. The van der Waals surface area contributed by atoms with E-state index in [1.54, 1.807) is 18.9 Å².